The number of carbonyl (C=O) groups excluding carboxylic acids is 2. The zero-order valence-electron chi connectivity index (χ0n) is 11.6. The third-order valence-electron chi connectivity index (χ3n) is 3.84. The Morgan fingerprint density at radius 2 is 1.50 bits per heavy atom. The van der Waals surface area contributed by atoms with Crippen LogP contribution in [0.3, 0.4) is 0 Å². The molecule has 102 valence electrons. The molecule has 3 rings (SSSR count). The standard InChI is InChI=1S/C17H17NO2/c1-2-3-4-11-18-16(19)13-9-5-7-12-8-6-10-14(15(12)13)17(18)20/h5-10H,2-4,11H2,1H3. The van der Waals surface area contributed by atoms with Crippen molar-refractivity contribution in [2.45, 2.75) is 26.2 Å². The van der Waals surface area contributed by atoms with E-state index in [1.54, 1.807) is 0 Å². The van der Waals surface area contributed by atoms with Crippen LogP contribution < -0.4 is 0 Å². The van der Waals surface area contributed by atoms with E-state index in [1.165, 1.54) is 4.90 Å². The van der Waals surface area contributed by atoms with Crippen molar-refractivity contribution in [2.24, 2.45) is 0 Å². The number of hydrogen-bond acceptors (Lipinski definition) is 2. The molecule has 0 saturated carbocycles. The number of benzene rings is 2. The average Bonchev–Trinajstić information content (AvgIpc) is 2.48. The van der Waals surface area contributed by atoms with Gasteiger partial charge in [0.05, 0.1) is 0 Å². The maximum absolute atomic E-state index is 12.5. The largest absolute Gasteiger partial charge is 0.274 e. The first-order chi connectivity index (χ1) is 9.74. The summed E-state index contributed by atoms with van der Waals surface area (Å²) in [7, 11) is 0. The molecule has 0 spiro atoms. The summed E-state index contributed by atoms with van der Waals surface area (Å²) in [5.74, 6) is -0.314. The van der Waals surface area contributed by atoms with Crippen molar-refractivity contribution < 1.29 is 9.59 Å². The first-order valence-corrected chi connectivity index (χ1v) is 7.12. The van der Waals surface area contributed by atoms with Gasteiger partial charge in [-0.3, -0.25) is 14.5 Å². The molecule has 2 aromatic carbocycles. The molecule has 1 aliphatic heterocycles. The van der Waals surface area contributed by atoms with Crippen LogP contribution in [-0.4, -0.2) is 23.3 Å². The van der Waals surface area contributed by atoms with Crippen LogP contribution in [0.2, 0.25) is 0 Å². The topological polar surface area (TPSA) is 37.4 Å². The van der Waals surface area contributed by atoms with Crippen molar-refractivity contribution in [2.75, 3.05) is 6.54 Å². The van der Waals surface area contributed by atoms with Crippen LogP contribution >= 0.6 is 0 Å². The predicted octanol–water partition coefficient (Wildman–Crippen LogP) is 3.63. The van der Waals surface area contributed by atoms with Crippen LogP contribution in [0.1, 0.15) is 46.9 Å². The summed E-state index contributed by atoms with van der Waals surface area (Å²) in [4.78, 5) is 26.4. The summed E-state index contributed by atoms with van der Waals surface area (Å²) in [6.07, 6.45) is 2.97. The summed E-state index contributed by atoms with van der Waals surface area (Å²) in [5.41, 5.74) is 1.29. The zero-order chi connectivity index (χ0) is 14.1. The van der Waals surface area contributed by atoms with Gasteiger partial charge < -0.3 is 0 Å². The second-order valence-electron chi connectivity index (χ2n) is 5.18. The lowest BCUT2D eigenvalue weighted by Crippen LogP contribution is -2.40. The summed E-state index contributed by atoms with van der Waals surface area (Å²) >= 11 is 0. The van der Waals surface area contributed by atoms with E-state index in [0.29, 0.717) is 17.7 Å². The van der Waals surface area contributed by atoms with E-state index in [0.717, 1.165) is 30.0 Å². The fourth-order valence-corrected chi connectivity index (χ4v) is 2.80. The molecule has 2 amide bonds. The first-order valence-electron chi connectivity index (χ1n) is 7.12. The highest BCUT2D eigenvalue weighted by molar-refractivity contribution is 6.25. The third kappa shape index (κ3) is 1.90. The van der Waals surface area contributed by atoms with Crippen LogP contribution in [-0.2, 0) is 0 Å². The molecule has 0 atom stereocenters. The second-order valence-corrected chi connectivity index (χ2v) is 5.18. The summed E-state index contributed by atoms with van der Waals surface area (Å²) in [6.45, 7) is 2.62. The highest BCUT2D eigenvalue weighted by atomic mass is 16.2. The fourth-order valence-electron chi connectivity index (χ4n) is 2.80. The van der Waals surface area contributed by atoms with Gasteiger partial charge in [0.15, 0.2) is 0 Å². The van der Waals surface area contributed by atoms with E-state index >= 15 is 0 Å². The molecule has 2 aromatic rings. The Hall–Kier alpha value is -2.16. The number of nitrogens with zero attached hydrogens (tertiary/aromatic N) is 1. The van der Waals surface area contributed by atoms with Crippen molar-refractivity contribution in [3.05, 3.63) is 47.5 Å². The van der Waals surface area contributed by atoms with Crippen LogP contribution in [0.25, 0.3) is 10.8 Å². The normalized spacial score (nSPS) is 14.2. The molecule has 0 aromatic heterocycles. The highest BCUT2D eigenvalue weighted by Crippen LogP contribution is 2.29. The number of carbonyl (C=O) groups is 2. The van der Waals surface area contributed by atoms with Crippen LogP contribution in [0, 0.1) is 0 Å². The Bertz CT molecular complexity index is 640. The third-order valence-corrected chi connectivity index (χ3v) is 3.84. The van der Waals surface area contributed by atoms with E-state index in [-0.39, 0.29) is 11.8 Å². The van der Waals surface area contributed by atoms with Gasteiger partial charge in [0, 0.05) is 23.1 Å². The Balaban J connectivity index is 2.07. The Morgan fingerprint density at radius 1 is 0.900 bits per heavy atom. The zero-order valence-corrected chi connectivity index (χ0v) is 11.6. The van der Waals surface area contributed by atoms with Gasteiger partial charge in [-0.1, -0.05) is 44.0 Å². The maximum atomic E-state index is 12.5. The van der Waals surface area contributed by atoms with Crippen molar-refractivity contribution in [1.82, 2.24) is 4.90 Å². The van der Waals surface area contributed by atoms with Crippen LogP contribution in [0.15, 0.2) is 36.4 Å². The van der Waals surface area contributed by atoms with Gasteiger partial charge in [-0.05, 0) is 23.9 Å². The lowest BCUT2D eigenvalue weighted by molar-refractivity contribution is 0.0608. The lowest BCUT2D eigenvalue weighted by atomic mass is 9.94. The van der Waals surface area contributed by atoms with Crippen molar-refractivity contribution in [3.8, 4) is 0 Å². The van der Waals surface area contributed by atoms with E-state index < -0.39 is 0 Å². The van der Waals surface area contributed by atoms with E-state index in [4.69, 9.17) is 0 Å². The minimum absolute atomic E-state index is 0.157. The number of amides is 2. The Kier molecular flexibility index (Phi) is 3.26. The SMILES string of the molecule is CCCCCN1C(=O)c2cccc3cccc(c23)C1=O. The summed E-state index contributed by atoms with van der Waals surface area (Å²) < 4.78 is 0. The fraction of sp³-hybridized carbons (Fsp3) is 0.294. The van der Waals surface area contributed by atoms with Gasteiger partial charge >= 0.3 is 0 Å². The number of hydrogen-bond donors (Lipinski definition) is 0. The Morgan fingerprint density at radius 3 is 2.05 bits per heavy atom. The van der Waals surface area contributed by atoms with Crippen molar-refractivity contribution >= 4 is 22.6 Å². The highest BCUT2D eigenvalue weighted by Gasteiger charge is 2.31. The minimum atomic E-state index is -0.157. The molecule has 0 fully saturated rings. The molecule has 3 nitrogen and oxygen atoms in total. The van der Waals surface area contributed by atoms with E-state index in [1.807, 2.05) is 36.4 Å². The van der Waals surface area contributed by atoms with Crippen LogP contribution in [0.4, 0.5) is 0 Å². The van der Waals surface area contributed by atoms with Gasteiger partial charge in [-0.2, -0.15) is 0 Å². The molecule has 0 unspecified atom stereocenters. The molecule has 0 saturated heterocycles. The molecule has 20 heavy (non-hydrogen) atoms. The van der Waals surface area contributed by atoms with Gasteiger partial charge in [0.25, 0.3) is 11.8 Å². The second kappa shape index (κ2) is 5.08. The molecule has 0 aliphatic carbocycles. The van der Waals surface area contributed by atoms with E-state index in [9.17, 15) is 9.59 Å². The molecule has 3 heteroatoms. The van der Waals surface area contributed by atoms with Gasteiger partial charge in [-0.25, -0.2) is 0 Å². The molecule has 0 bridgehead atoms. The van der Waals surface area contributed by atoms with Crippen molar-refractivity contribution in [3.63, 3.8) is 0 Å². The maximum Gasteiger partial charge on any atom is 0.261 e. The number of imide groups is 1. The summed E-state index contributed by atoms with van der Waals surface area (Å²) in [6, 6.07) is 11.3. The lowest BCUT2D eigenvalue weighted by Gasteiger charge is -2.27. The van der Waals surface area contributed by atoms with Gasteiger partial charge in [0.1, 0.15) is 0 Å². The molecule has 1 aliphatic rings. The Labute approximate surface area is 118 Å². The van der Waals surface area contributed by atoms with Gasteiger partial charge in [0.2, 0.25) is 0 Å². The molecular weight excluding hydrogens is 250 g/mol. The van der Waals surface area contributed by atoms with Crippen LogP contribution in [0.5, 0.6) is 0 Å². The molecule has 0 radical (unpaired) electrons. The molecule has 1 heterocycles. The van der Waals surface area contributed by atoms with E-state index in [2.05, 4.69) is 6.92 Å². The average molecular weight is 267 g/mol. The molecular formula is C17H17NO2. The number of unbranched alkanes of at least 4 members (excludes halogenated alkanes) is 2. The summed E-state index contributed by atoms with van der Waals surface area (Å²) in [5, 5.41) is 1.76. The smallest absolute Gasteiger partial charge is 0.261 e. The van der Waals surface area contributed by atoms with Gasteiger partial charge in [-0.15, -0.1) is 0 Å². The minimum Gasteiger partial charge on any atom is -0.274 e. The van der Waals surface area contributed by atoms with Crippen molar-refractivity contribution in [1.29, 1.82) is 0 Å². The quantitative estimate of drug-likeness (QED) is 0.626. The predicted molar refractivity (Wildman–Crippen MR) is 78.8 cm³/mol. The number of rotatable bonds is 4. The first kappa shape index (κ1) is 12.9. The molecule has 0 N–H and O–H groups in total. The monoisotopic (exact) mass is 267 g/mol.